The molecule has 0 atom stereocenters. The number of benzene rings is 1. The Kier molecular flexibility index (Phi) is 4.48. The Balaban J connectivity index is 2.01. The highest BCUT2D eigenvalue weighted by molar-refractivity contribution is 6.68. The predicted molar refractivity (Wildman–Crippen MR) is 86.0 cm³/mol. The molecule has 3 heteroatoms. The standard InChI is InChI=1S/C17H27BO2/c1-6-7-12-19-15-10-8-14(9-11-15)18-13-16(2,3)17(4,5)20-18/h8-11H,6-7,12-13H2,1-5H3. The first kappa shape index (κ1) is 15.4. The Morgan fingerprint density at radius 3 is 2.30 bits per heavy atom. The van der Waals surface area contributed by atoms with Crippen molar-refractivity contribution in [1.82, 2.24) is 0 Å². The molecule has 1 fully saturated rings. The lowest BCUT2D eigenvalue weighted by atomic mass is 9.54. The third-order valence-corrected chi connectivity index (χ3v) is 4.78. The number of hydrogen-bond donors (Lipinski definition) is 0. The lowest BCUT2D eigenvalue weighted by Crippen LogP contribution is -2.36. The van der Waals surface area contributed by atoms with E-state index < -0.39 is 0 Å². The number of ether oxygens (including phenoxy) is 1. The zero-order valence-electron chi connectivity index (χ0n) is 13.5. The molecule has 2 rings (SSSR count). The van der Waals surface area contributed by atoms with E-state index in [1.165, 1.54) is 5.46 Å². The second-order valence-corrected chi connectivity index (χ2v) is 6.98. The van der Waals surface area contributed by atoms with Crippen LogP contribution in [0.4, 0.5) is 0 Å². The van der Waals surface area contributed by atoms with E-state index in [0.29, 0.717) is 0 Å². The van der Waals surface area contributed by atoms with Crippen LogP contribution in [-0.2, 0) is 4.65 Å². The van der Waals surface area contributed by atoms with Crippen molar-refractivity contribution < 1.29 is 9.39 Å². The summed E-state index contributed by atoms with van der Waals surface area (Å²) >= 11 is 0. The van der Waals surface area contributed by atoms with Crippen LogP contribution in [0.15, 0.2) is 24.3 Å². The minimum absolute atomic E-state index is 0.0754. The van der Waals surface area contributed by atoms with Crippen LogP contribution in [-0.4, -0.2) is 19.1 Å². The summed E-state index contributed by atoms with van der Waals surface area (Å²) in [4.78, 5) is 0. The Morgan fingerprint density at radius 1 is 1.15 bits per heavy atom. The van der Waals surface area contributed by atoms with Gasteiger partial charge < -0.3 is 9.39 Å². The lowest BCUT2D eigenvalue weighted by molar-refractivity contribution is 0.0375. The van der Waals surface area contributed by atoms with Gasteiger partial charge in [-0.15, -0.1) is 0 Å². The molecule has 0 amide bonds. The number of hydrogen-bond acceptors (Lipinski definition) is 2. The normalized spacial score (nSPS) is 20.1. The van der Waals surface area contributed by atoms with Gasteiger partial charge in [0.2, 0.25) is 0 Å². The molecule has 1 aromatic rings. The van der Waals surface area contributed by atoms with Crippen molar-refractivity contribution in [3.63, 3.8) is 0 Å². The average molecular weight is 274 g/mol. The van der Waals surface area contributed by atoms with Gasteiger partial charge in [0.05, 0.1) is 12.2 Å². The second-order valence-electron chi connectivity index (χ2n) is 6.98. The van der Waals surface area contributed by atoms with Gasteiger partial charge in [-0.25, -0.2) is 0 Å². The van der Waals surface area contributed by atoms with Crippen LogP contribution in [0.2, 0.25) is 6.32 Å². The largest absolute Gasteiger partial charge is 0.494 e. The van der Waals surface area contributed by atoms with E-state index >= 15 is 0 Å². The molecule has 20 heavy (non-hydrogen) atoms. The molecule has 0 radical (unpaired) electrons. The summed E-state index contributed by atoms with van der Waals surface area (Å²) in [5.74, 6) is 0.957. The minimum atomic E-state index is -0.0754. The summed E-state index contributed by atoms with van der Waals surface area (Å²) in [6.07, 6.45) is 3.34. The van der Waals surface area contributed by atoms with E-state index in [4.69, 9.17) is 9.39 Å². The molecule has 0 bridgehead atoms. The fourth-order valence-corrected chi connectivity index (χ4v) is 2.57. The predicted octanol–water partition coefficient (Wildman–Crippen LogP) is 3.90. The van der Waals surface area contributed by atoms with E-state index in [2.05, 4.69) is 58.9 Å². The lowest BCUT2D eigenvalue weighted by Gasteiger charge is -2.34. The van der Waals surface area contributed by atoms with Gasteiger partial charge in [-0.05, 0) is 49.6 Å². The van der Waals surface area contributed by atoms with E-state index in [0.717, 1.165) is 31.5 Å². The van der Waals surface area contributed by atoms with Gasteiger partial charge in [0.1, 0.15) is 5.75 Å². The molecule has 1 heterocycles. The SMILES string of the molecule is CCCCOc1ccc(B2CC(C)(C)C(C)(C)O2)cc1. The topological polar surface area (TPSA) is 18.5 Å². The third-order valence-electron chi connectivity index (χ3n) is 4.78. The maximum absolute atomic E-state index is 6.25. The summed E-state index contributed by atoms with van der Waals surface area (Å²) in [7, 11) is 0. The highest BCUT2D eigenvalue weighted by Crippen LogP contribution is 2.45. The quantitative estimate of drug-likeness (QED) is 0.599. The molecule has 1 aliphatic heterocycles. The molecule has 1 aromatic carbocycles. The van der Waals surface area contributed by atoms with Gasteiger partial charge in [-0.2, -0.15) is 0 Å². The molecule has 1 aliphatic rings. The van der Waals surface area contributed by atoms with Crippen LogP contribution >= 0.6 is 0 Å². The molecule has 0 unspecified atom stereocenters. The molecule has 0 spiro atoms. The van der Waals surface area contributed by atoms with E-state index in [-0.39, 0.29) is 17.9 Å². The Hall–Kier alpha value is -0.955. The van der Waals surface area contributed by atoms with Gasteiger partial charge in [0, 0.05) is 0 Å². The first-order valence-electron chi connectivity index (χ1n) is 7.76. The second kappa shape index (κ2) is 5.81. The zero-order chi connectivity index (χ0) is 14.8. The van der Waals surface area contributed by atoms with Gasteiger partial charge in [0.15, 0.2) is 0 Å². The molecule has 0 N–H and O–H groups in total. The molecule has 0 saturated carbocycles. The Labute approximate surface area is 124 Å². The van der Waals surface area contributed by atoms with E-state index in [1.54, 1.807) is 0 Å². The van der Waals surface area contributed by atoms with E-state index in [1.807, 2.05) is 0 Å². The minimum Gasteiger partial charge on any atom is -0.494 e. The van der Waals surface area contributed by atoms with Gasteiger partial charge in [-0.3, -0.25) is 0 Å². The molecule has 2 nitrogen and oxygen atoms in total. The fraction of sp³-hybridized carbons (Fsp3) is 0.647. The highest BCUT2D eigenvalue weighted by Gasteiger charge is 2.49. The smallest absolute Gasteiger partial charge is 0.327 e. The van der Waals surface area contributed by atoms with Gasteiger partial charge in [0.25, 0.3) is 0 Å². The van der Waals surface area contributed by atoms with Crippen molar-refractivity contribution in [3.05, 3.63) is 24.3 Å². The van der Waals surface area contributed by atoms with Gasteiger partial charge in [-0.1, -0.05) is 39.3 Å². The van der Waals surface area contributed by atoms with Crippen LogP contribution < -0.4 is 10.2 Å². The number of rotatable bonds is 5. The first-order chi connectivity index (χ1) is 9.36. The maximum Gasteiger partial charge on any atom is 0.327 e. The first-order valence-corrected chi connectivity index (χ1v) is 7.76. The summed E-state index contributed by atoms with van der Waals surface area (Å²) in [6.45, 7) is 12.1. The average Bonchev–Trinajstić information content (AvgIpc) is 2.60. The van der Waals surface area contributed by atoms with Gasteiger partial charge >= 0.3 is 6.92 Å². The molecule has 1 saturated heterocycles. The highest BCUT2D eigenvalue weighted by atomic mass is 16.5. The maximum atomic E-state index is 6.25. The summed E-state index contributed by atoms with van der Waals surface area (Å²) in [6, 6.07) is 8.41. The van der Waals surface area contributed by atoms with Crippen molar-refractivity contribution in [2.24, 2.45) is 5.41 Å². The van der Waals surface area contributed by atoms with Crippen LogP contribution in [0.25, 0.3) is 0 Å². The molecule has 0 aliphatic carbocycles. The summed E-state index contributed by atoms with van der Waals surface area (Å²) in [5, 5.41) is 0. The Morgan fingerprint density at radius 2 is 1.80 bits per heavy atom. The van der Waals surface area contributed by atoms with Crippen molar-refractivity contribution >= 4 is 12.4 Å². The van der Waals surface area contributed by atoms with E-state index in [9.17, 15) is 0 Å². The van der Waals surface area contributed by atoms with Crippen molar-refractivity contribution in [2.45, 2.75) is 59.4 Å². The summed E-state index contributed by atoms with van der Waals surface area (Å²) < 4.78 is 12.0. The Bertz CT molecular complexity index is 421. The third kappa shape index (κ3) is 3.20. The monoisotopic (exact) mass is 274 g/mol. The zero-order valence-corrected chi connectivity index (χ0v) is 13.5. The van der Waals surface area contributed by atoms with Crippen LogP contribution in [0.1, 0.15) is 47.5 Å². The molecule has 110 valence electrons. The molecular weight excluding hydrogens is 247 g/mol. The van der Waals surface area contributed by atoms with Crippen LogP contribution in [0, 0.1) is 5.41 Å². The number of unbranched alkanes of at least 4 members (excludes halogenated alkanes) is 1. The molecular formula is C17H27BO2. The summed E-state index contributed by atoms with van der Waals surface area (Å²) in [5.41, 5.74) is 1.38. The van der Waals surface area contributed by atoms with Crippen molar-refractivity contribution in [2.75, 3.05) is 6.61 Å². The van der Waals surface area contributed by atoms with Crippen LogP contribution in [0.5, 0.6) is 5.75 Å². The van der Waals surface area contributed by atoms with Crippen LogP contribution in [0.3, 0.4) is 0 Å². The molecule has 0 aromatic heterocycles. The van der Waals surface area contributed by atoms with Crippen molar-refractivity contribution in [1.29, 1.82) is 0 Å². The fourth-order valence-electron chi connectivity index (χ4n) is 2.57. The van der Waals surface area contributed by atoms with Crippen molar-refractivity contribution in [3.8, 4) is 5.75 Å².